The van der Waals surface area contributed by atoms with Crippen LogP contribution in [0.4, 0.5) is 0 Å². The minimum Gasteiger partial charge on any atom is -0.136 e. The van der Waals surface area contributed by atoms with Gasteiger partial charge in [-0.15, -0.1) is 22.7 Å². The summed E-state index contributed by atoms with van der Waals surface area (Å²) in [5.41, 5.74) is 2.44. The van der Waals surface area contributed by atoms with Crippen molar-refractivity contribution in [3.05, 3.63) is 106 Å². The van der Waals surface area contributed by atoms with Crippen LogP contribution in [0.25, 0.3) is 44.5 Å². The van der Waals surface area contributed by atoms with Crippen molar-refractivity contribution in [1.29, 1.82) is 0 Å². The van der Waals surface area contributed by atoms with Crippen LogP contribution in [-0.4, -0.2) is 0 Å². The average Bonchev–Trinajstić information content (AvgIpc) is 3.34. The van der Waals surface area contributed by atoms with Gasteiger partial charge >= 0.3 is 0 Å². The molecule has 0 bridgehead atoms. The van der Waals surface area contributed by atoms with E-state index in [9.17, 15) is 0 Å². The lowest BCUT2D eigenvalue weighted by molar-refractivity contribution is 1.63. The SMILES string of the molecule is C(=Cc1cc2ccccc2s1)c1ccc(C=Cc2cc3ccccc3s2)cc1. The normalized spacial score (nSPS) is 12.0. The summed E-state index contributed by atoms with van der Waals surface area (Å²) >= 11 is 3.66. The summed E-state index contributed by atoms with van der Waals surface area (Å²) in [7, 11) is 0. The fraction of sp³-hybridized carbons (Fsp3) is 0. The first-order chi connectivity index (χ1) is 13.8. The Hall–Kier alpha value is -2.94. The van der Waals surface area contributed by atoms with Crippen LogP contribution < -0.4 is 0 Å². The van der Waals surface area contributed by atoms with Gasteiger partial charge in [0.25, 0.3) is 0 Å². The zero-order valence-corrected chi connectivity index (χ0v) is 16.8. The molecule has 0 radical (unpaired) electrons. The maximum Gasteiger partial charge on any atom is 0.0349 e. The number of thiophene rings is 2. The molecule has 0 saturated heterocycles. The molecule has 0 aliphatic carbocycles. The molecule has 0 spiro atoms. The Kier molecular flexibility index (Phi) is 4.66. The van der Waals surface area contributed by atoms with Gasteiger partial charge in [-0.3, -0.25) is 0 Å². The first-order valence-electron chi connectivity index (χ1n) is 9.27. The summed E-state index contributed by atoms with van der Waals surface area (Å²) in [6.07, 6.45) is 8.77. The van der Waals surface area contributed by atoms with Gasteiger partial charge in [-0.05, 0) is 58.3 Å². The Bertz CT molecular complexity index is 1130. The topological polar surface area (TPSA) is 0 Å². The lowest BCUT2D eigenvalue weighted by atomic mass is 10.1. The monoisotopic (exact) mass is 394 g/mol. The van der Waals surface area contributed by atoms with Crippen LogP contribution in [0.15, 0.2) is 84.9 Å². The highest BCUT2D eigenvalue weighted by Crippen LogP contribution is 2.28. The van der Waals surface area contributed by atoms with E-state index in [0.29, 0.717) is 0 Å². The molecule has 0 unspecified atom stereocenters. The maximum atomic E-state index is 2.25. The molecule has 134 valence electrons. The van der Waals surface area contributed by atoms with E-state index in [0.717, 1.165) is 0 Å². The molecule has 0 aliphatic heterocycles. The number of rotatable bonds is 4. The van der Waals surface area contributed by atoms with Crippen LogP contribution in [0.1, 0.15) is 20.9 Å². The zero-order valence-electron chi connectivity index (χ0n) is 15.2. The van der Waals surface area contributed by atoms with Crippen LogP contribution in [-0.2, 0) is 0 Å². The predicted octanol–water partition coefficient (Wildman–Crippen LogP) is 8.46. The van der Waals surface area contributed by atoms with Gasteiger partial charge in [-0.25, -0.2) is 0 Å². The van der Waals surface area contributed by atoms with E-state index >= 15 is 0 Å². The molecule has 0 fully saturated rings. The Morgan fingerprint density at radius 3 is 1.32 bits per heavy atom. The minimum atomic E-state index is 1.22. The van der Waals surface area contributed by atoms with Crippen molar-refractivity contribution in [2.45, 2.75) is 0 Å². The van der Waals surface area contributed by atoms with Gasteiger partial charge in [0.1, 0.15) is 0 Å². The van der Waals surface area contributed by atoms with E-state index in [-0.39, 0.29) is 0 Å². The van der Waals surface area contributed by atoms with Gasteiger partial charge in [-0.2, -0.15) is 0 Å². The Balaban J connectivity index is 1.30. The summed E-state index contributed by atoms with van der Waals surface area (Å²) in [5, 5.41) is 2.63. The van der Waals surface area contributed by atoms with Gasteiger partial charge in [-0.1, -0.05) is 72.8 Å². The summed E-state index contributed by atoms with van der Waals surface area (Å²) in [6, 6.07) is 30.3. The Morgan fingerprint density at radius 2 is 0.893 bits per heavy atom. The fourth-order valence-corrected chi connectivity index (χ4v) is 5.18. The second kappa shape index (κ2) is 7.59. The van der Waals surface area contributed by atoms with Gasteiger partial charge < -0.3 is 0 Å². The summed E-state index contributed by atoms with van der Waals surface area (Å²) in [6.45, 7) is 0. The molecule has 0 N–H and O–H groups in total. The fourth-order valence-electron chi connectivity index (χ4n) is 3.24. The molecule has 5 aromatic rings. The first-order valence-corrected chi connectivity index (χ1v) is 10.9. The smallest absolute Gasteiger partial charge is 0.0349 e. The van der Waals surface area contributed by atoms with Crippen LogP contribution in [0.5, 0.6) is 0 Å². The molecule has 0 nitrogen and oxygen atoms in total. The average molecular weight is 395 g/mol. The number of hydrogen-bond acceptors (Lipinski definition) is 2. The quantitative estimate of drug-likeness (QED) is 0.287. The third kappa shape index (κ3) is 3.70. The van der Waals surface area contributed by atoms with Crippen LogP contribution in [0, 0.1) is 0 Å². The van der Waals surface area contributed by atoms with Crippen molar-refractivity contribution in [2.24, 2.45) is 0 Å². The zero-order chi connectivity index (χ0) is 18.8. The molecule has 0 amide bonds. The van der Waals surface area contributed by atoms with Gasteiger partial charge in [0.05, 0.1) is 0 Å². The second-order valence-electron chi connectivity index (χ2n) is 6.71. The van der Waals surface area contributed by atoms with E-state index in [1.807, 2.05) is 22.7 Å². The lowest BCUT2D eigenvalue weighted by Crippen LogP contribution is -1.74. The van der Waals surface area contributed by atoms with Crippen molar-refractivity contribution in [2.75, 3.05) is 0 Å². The molecular formula is C26H18S2. The molecule has 5 rings (SSSR count). The van der Waals surface area contributed by atoms with Crippen molar-refractivity contribution in [3.8, 4) is 0 Å². The molecule has 2 heteroatoms. The van der Waals surface area contributed by atoms with E-state index in [2.05, 4.69) is 109 Å². The molecule has 3 aromatic carbocycles. The lowest BCUT2D eigenvalue weighted by Gasteiger charge is -1.96. The van der Waals surface area contributed by atoms with Crippen molar-refractivity contribution in [3.63, 3.8) is 0 Å². The largest absolute Gasteiger partial charge is 0.136 e. The molecular weight excluding hydrogens is 376 g/mol. The van der Waals surface area contributed by atoms with Gasteiger partial charge in [0, 0.05) is 19.2 Å². The van der Waals surface area contributed by atoms with Crippen molar-refractivity contribution in [1.82, 2.24) is 0 Å². The van der Waals surface area contributed by atoms with Crippen LogP contribution >= 0.6 is 22.7 Å². The first kappa shape index (κ1) is 17.2. The third-order valence-corrected chi connectivity index (χ3v) is 6.87. The second-order valence-corrected chi connectivity index (χ2v) is 8.94. The van der Waals surface area contributed by atoms with E-state index in [4.69, 9.17) is 0 Å². The third-order valence-electron chi connectivity index (χ3n) is 4.71. The maximum absolute atomic E-state index is 2.25. The van der Waals surface area contributed by atoms with E-state index in [1.54, 1.807) is 0 Å². The highest BCUT2D eigenvalue weighted by Gasteiger charge is 1.99. The van der Waals surface area contributed by atoms with Crippen LogP contribution in [0.3, 0.4) is 0 Å². The van der Waals surface area contributed by atoms with Crippen molar-refractivity contribution < 1.29 is 0 Å². The molecule has 0 aliphatic rings. The number of benzene rings is 3. The number of hydrogen-bond donors (Lipinski definition) is 0. The van der Waals surface area contributed by atoms with Crippen molar-refractivity contribution >= 4 is 67.1 Å². The number of fused-ring (bicyclic) bond motifs is 2. The minimum absolute atomic E-state index is 1.22. The summed E-state index contributed by atoms with van der Waals surface area (Å²) in [5.74, 6) is 0. The van der Waals surface area contributed by atoms with E-state index in [1.165, 1.54) is 41.1 Å². The standard InChI is InChI=1S/C26H18S2/c1-3-7-25-21(5-1)17-23(27-25)15-13-19-9-11-20(12-10-19)14-16-24-18-22-6-2-4-8-26(22)28-24/h1-18H. The molecule has 28 heavy (non-hydrogen) atoms. The molecule has 2 aromatic heterocycles. The predicted molar refractivity (Wildman–Crippen MR) is 128 cm³/mol. The summed E-state index contributed by atoms with van der Waals surface area (Å²) in [4.78, 5) is 2.57. The highest BCUT2D eigenvalue weighted by molar-refractivity contribution is 7.20. The highest BCUT2D eigenvalue weighted by atomic mass is 32.1. The summed E-state index contributed by atoms with van der Waals surface area (Å²) < 4.78 is 2.67. The van der Waals surface area contributed by atoms with Gasteiger partial charge in [0.2, 0.25) is 0 Å². The Labute approximate surface area is 172 Å². The van der Waals surface area contributed by atoms with E-state index < -0.39 is 0 Å². The molecule has 0 saturated carbocycles. The van der Waals surface area contributed by atoms with Gasteiger partial charge in [0.15, 0.2) is 0 Å². The van der Waals surface area contributed by atoms with Crippen LogP contribution in [0.2, 0.25) is 0 Å². The molecule has 2 heterocycles. The molecule has 0 atom stereocenters. The Morgan fingerprint density at radius 1 is 0.464 bits per heavy atom.